The van der Waals surface area contributed by atoms with Crippen LogP contribution in [0, 0.1) is 11.8 Å². The summed E-state index contributed by atoms with van der Waals surface area (Å²) in [5.74, 6) is 2.25. The van der Waals surface area contributed by atoms with Crippen molar-refractivity contribution < 1.29 is 0 Å². The second-order valence-electron chi connectivity index (χ2n) is 6.80. The minimum atomic E-state index is 0.547. The lowest BCUT2D eigenvalue weighted by Gasteiger charge is -2.31. The van der Waals surface area contributed by atoms with Gasteiger partial charge >= 0.3 is 0 Å². The average Bonchev–Trinajstić information content (AvgIpc) is 3.26. The van der Waals surface area contributed by atoms with Gasteiger partial charge in [0.25, 0.3) is 0 Å². The number of hydrogen-bond acceptors (Lipinski definition) is 2. The van der Waals surface area contributed by atoms with Gasteiger partial charge in [0.15, 0.2) is 0 Å². The zero-order chi connectivity index (χ0) is 16.8. The van der Waals surface area contributed by atoms with Crippen LogP contribution in [0.4, 0.5) is 0 Å². The maximum absolute atomic E-state index is 2.41. The molecule has 2 aliphatic rings. The van der Waals surface area contributed by atoms with Crippen molar-refractivity contribution in [3.05, 3.63) is 78.4 Å². The zero-order valence-electron chi connectivity index (χ0n) is 14.6. The van der Waals surface area contributed by atoms with Crippen molar-refractivity contribution in [1.82, 2.24) is 4.90 Å². The molecule has 0 saturated carbocycles. The van der Waals surface area contributed by atoms with Crippen molar-refractivity contribution >= 4 is 11.8 Å². The van der Waals surface area contributed by atoms with Gasteiger partial charge in [0.2, 0.25) is 0 Å². The summed E-state index contributed by atoms with van der Waals surface area (Å²) in [7, 11) is 4.44. The van der Waals surface area contributed by atoms with E-state index in [4.69, 9.17) is 0 Å². The highest BCUT2D eigenvalue weighted by atomic mass is 32.2. The Labute approximate surface area is 150 Å². The van der Waals surface area contributed by atoms with E-state index < -0.39 is 0 Å². The van der Waals surface area contributed by atoms with E-state index in [2.05, 4.69) is 91.9 Å². The van der Waals surface area contributed by atoms with E-state index in [0.29, 0.717) is 17.9 Å². The van der Waals surface area contributed by atoms with Gasteiger partial charge in [-0.1, -0.05) is 66.3 Å². The first kappa shape index (κ1) is 17.3. The third-order valence-electron chi connectivity index (χ3n) is 4.91. The van der Waals surface area contributed by atoms with Gasteiger partial charge in [0, 0.05) is 22.6 Å². The molecule has 0 heterocycles. The van der Waals surface area contributed by atoms with E-state index in [0.717, 1.165) is 5.75 Å². The van der Waals surface area contributed by atoms with Crippen molar-refractivity contribution in [2.75, 3.05) is 19.8 Å². The highest BCUT2D eigenvalue weighted by Crippen LogP contribution is 2.33. The second kappa shape index (κ2) is 8.55. The summed E-state index contributed by atoms with van der Waals surface area (Å²) in [4.78, 5) is 3.76. The Morgan fingerprint density at radius 1 is 1.00 bits per heavy atom. The van der Waals surface area contributed by atoms with Gasteiger partial charge in [-0.3, -0.25) is 0 Å². The summed E-state index contributed by atoms with van der Waals surface area (Å²) in [6.07, 6.45) is 18.4. The van der Waals surface area contributed by atoms with Crippen molar-refractivity contribution in [2.24, 2.45) is 11.8 Å². The molecule has 0 N–H and O–H groups in total. The summed E-state index contributed by atoms with van der Waals surface area (Å²) in [5, 5.41) is 0. The molecule has 0 aromatic heterocycles. The molecule has 0 spiro atoms. The smallest absolute Gasteiger partial charge is 0.0200 e. The van der Waals surface area contributed by atoms with Gasteiger partial charge in [0.05, 0.1) is 0 Å². The van der Waals surface area contributed by atoms with Gasteiger partial charge < -0.3 is 4.90 Å². The largest absolute Gasteiger partial charge is 0.306 e. The molecular formula is C22H27NS. The lowest BCUT2D eigenvalue weighted by molar-refractivity contribution is 0.235. The SMILES string of the molecule is CN(C)[C@H](CCC1C=CC=C1)C1C=CC=C1CSc1ccccc1. The lowest BCUT2D eigenvalue weighted by atomic mass is 9.88. The van der Waals surface area contributed by atoms with Crippen LogP contribution in [0.2, 0.25) is 0 Å². The Morgan fingerprint density at radius 2 is 1.75 bits per heavy atom. The van der Waals surface area contributed by atoms with Gasteiger partial charge in [-0.15, -0.1) is 11.8 Å². The fourth-order valence-electron chi connectivity index (χ4n) is 3.53. The lowest BCUT2D eigenvalue weighted by Crippen LogP contribution is -2.35. The quantitative estimate of drug-likeness (QED) is 0.589. The number of allylic oxidation sites excluding steroid dienone is 6. The van der Waals surface area contributed by atoms with E-state index in [-0.39, 0.29) is 0 Å². The standard InChI is InChI=1S/C22H27NS/c1-23(2)22(16-15-18-9-6-7-10-18)21-14-8-11-19(21)17-24-20-12-4-3-5-13-20/h3-14,18,21-22H,15-17H2,1-2H3/t21?,22-/m1/s1. The Bertz CT molecular complexity index is 627. The van der Waals surface area contributed by atoms with Gasteiger partial charge in [-0.05, 0) is 45.0 Å². The van der Waals surface area contributed by atoms with E-state index >= 15 is 0 Å². The fraction of sp³-hybridized carbons (Fsp3) is 0.364. The molecule has 24 heavy (non-hydrogen) atoms. The summed E-state index contributed by atoms with van der Waals surface area (Å²) >= 11 is 1.94. The summed E-state index contributed by atoms with van der Waals surface area (Å²) in [6, 6.07) is 11.3. The van der Waals surface area contributed by atoms with Crippen LogP contribution < -0.4 is 0 Å². The van der Waals surface area contributed by atoms with Crippen LogP contribution in [0.1, 0.15) is 12.8 Å². The maximum atomic E-state index is 2.41. The van der Waals surface area contributed by atoms with E-state index in [1.54, 1.807) is 5.57 Å². The Kier molecular flexibility index (Phi) is 6.17. The first-order valence-electron chi connectivity index (χ1n) is 8.80. The van der Waals surface area contributed by atoms with Crippen molar-refractivity contribution in [2.45, 2.75) is 23.8 Å². The Balaban J connectivity index is 1.59. The minimum absolute atomic E-state index is 0.547. The molecule has 2 aliphatic carbocycles. The first-order valence-corrected chi connectivity index (χ1v) is 9.79. The van der Waals surface area contributed by atoms with Gasteiger partial charge in [-0.25, -0.2) is 0 Å². The number of hydrogen-bond donors (Lipinski definition) is 0. The molecule has 1 aromatic rings. The van der Waals surface area contributed by atoms with Gasteiger partial charge in [-0.2, -0.15) is 0 Å². The average molecular weight is 338 g/mol. The number of thioether (sulfide) groups is 1. The van der Waals surface area contributed by atoms with E-state index in [9.17, 15) is 0 Å². The van der Waals surface area contributed by atoms with Crippen molar-refractivity contribution in [3.8, 4) is 0 Å². The predicted molar refractivity (Wildman–Crippen MR) is 106 cm³/mol. The fourth-order valence-corrected chi connectivity index (χ4v) is 4.50. The summed E-state index contributed by atoms with van der Waals surface area (Å²) in [5.41, 5.74) is 1.56. The minimum Gasteiger partial charge on any atom is -0.306 e. The molecule has 2 heteroatoms. The molecule has 0 aliphatic heterocycles. The molecule has 126 valence electrons. The molecule has 3 rings (SSSR count). The number of nitrogens with zero attached hydrogens (tertiary/aromatic N) is 1. The number of rotatable bonds is 8. The molecule has 0 saturated heterocycles. The normalized spacial score (nSPS) is 21.0. The summed E-state index contributed by atoms with van der Waals surface area (Å²) < 4.78 is 0. The van der Waals surface area contributed by atoms with Gasteiger partial charge in [0.1, 0.15) is 0 Å². The monoisotopic (exact) mass is 337 g/mol. The molecule has 2 atom stereocenters. The number of benzene rings is 1. The zero-order valence-corrected chi connectivity index (χ0v) is 15.5. The molecular weight excluding hydrogens is 310 g/mol. The first-order chi connectivity index (χ1) is 11.7. The van der Waals surface area contributed by atoms with Crippen LogP contribution in [-0.2, 0) is 0 Å². The molecule has 1 nitrogen and oxygen atoms in total. The van der Waals surface area contributed by atoms with Crippen molar-refractivity contribution in [1.29, 1.82) is 0 Å². The molecule has 1 aromatic carbocycles. The van der Waals surface area contributed by atoms with Crippen LogP contribution >= 0.6 is 11.8 Å². The highest BCUT2D eigenvalue weighted by Gasteiger charge is 2.27. The van der Waals surface area contributed by atoms with E-state index in [1.165, 1.54) is 17.7 Å². The molecule has 1 unspecified atom stereocenters. The predicted octanol–water partition coefficient (Wildman–Crippen LogP) is 5.34. The summed E-state index contributed by atoms with van der Waals surface area (Å²) in [6.45, 7) is 0. The molecule has 0 bridgehead atoms. The van der Waals surface area contributed by atoms with Crippen molar-refractivity contribution in [3.63, 3.8) is 0 Å². The van der Waals surface area contributed by atoms with Crippen LogP contribution in [-0.4, -0.2) is 30.8 Å². The molecule has 0 amide bonds. The second-order valence-corrected chi connectivity index (χ2v) is 7.84. The highest BCUT2D eigenvalue weighted by molar-refractivity contribution is 7.99. The Hall–Kier alpha value is -1.51. The van der Waals surface area contributed by atoms with E-state index in [1.807, 2.05) is 11.8 Å². The third kappa shape index (κ3) is 4.52. The topological polar surface area (TPSA) is 3.24 Å². The molecule has 0 fully saturated rings. The maximum Gasteiger partial charge on any atom is 0.0200 e. The van der Waals surface area contributed by atoms with Crippen LogP contribution in [0.15, 0.2) is 83.3 Å². The van der Waals surface area contributed by atoms with Crippen LogP contribution in [0.25, 0.3) is 0 Å². The Morgan fingerprint density at radius 3 is 2.46 bits per heavy atom. The molecule has 0 radical (unpaired) electrons. The van der Waals surface area contributed by atoms with Crippen LogP contribution in [0.5, 0.6) is 0 Å². The third-order valence-corrected chi connectivity index (χ3v) is 5.99. The van der Waals surface area contributed by atoms with Crippen LogP contribution in [0.3, 0.4) is 0 Å².